The molecule has 3 unspecified atom stereocenters. The number of amides is 1. The molecule has 1 saturated heterocycles. The highest BCUT2D eigenvalue weighted by Crippen LogP contribution is 2.39. The van der Waals surface area contributed by atoms with Crippen LogP contribution in [0.2, 0.25) is 0 Å². The SMILES string of the molecule is CC1(CNC(=O)C2CCCC(C(F)(F)F)C2)CCCN1. The van der Waals surface area contributed by atoms with Crippen LogP contribution in [0.4, 0.5) is 13.2 Å². The third-order valence-electron chi connectivity index (χ3n) is 4.62. The van der Waals surface area contributed by atoms with Crippen molar-refractivity contribution in [2.24, 2.45) is 11.8 Å². The van der Waals surface area contributed by atoms with Crippen LogP contribution >= 0.6 is 0 Å². The molecule has 0 spiro atoms. The van der Waals surface area contributed by atoms with E-state index in [0.717, 1.165) is 19.4 Å². The Morgan fingerprint density at radius 1 is 1.35 bits per heavy atom. The highest BCUT2D eigenvalue weighted by Gasteiger charge is 2.43. The first-order valence-electron chi connectivity index (χ1n) is 7.40. The van der Waals surface area contributed by atoms with Gasteiger partial charge in [-0.25, -0.2) is 0 Å². The number of rotatable bonds is 3. The number of hydrogen-bond acceptors (Lipinski definition) is 2. The molecule has 20 heavy (non-hydrogen) atoms. The Morgan fingerprint density at radius 3 is 2.70 bits per heavy atom. The average Bonchev–Trinajstić information content (AvgIpc) is 2.83. The van der Waals surface area contributed by atoms with Crippen LogP contribution in [0, 0.1) is 11.8 Å². The van der Waals surface area contributed by atoms with Crippen LogP contribution in [0.15, 0.2) is 0 Å². The highest BCUT2D eigenvalue weighted by atomic mass is 19.4. The maximum atomic E-state index is 12.7. The Labute approximate surface area is 117 Å². The van der Waals surface area contributed by atoms with Crippen LogP contribution in [-0.2, 0) is 4.79 Å². The third kappa shape index (κ3) is 3.87. The largest absolute Gasteiger partial charge is 0.391 e. The van der Waals surface area contributed by atoms with E-state index in [1.165, 1.54) is 0 Å². The lowest BCUT2D eigenvalue weighted by atomic mass is 9.80. The molecule has 2 fully saturated rings. The minimum absolute atomic E-state index is 0.0561. The van der Waals surface area contributed by atoms with E-state index < -0.39 is 18.0 Å². The lowest BCUT2D eigenvalue weighted by Crippen LogP contribution is -2.49. The summed E-state index contributed by atoms with van der Waals surface area (Å²) >= 11 is 0. The van der Waals surface area contributed by atoms with Crippen molar-refractivity contribution in [2.75, 3.05) is 13.1 Å². The molecule has 1 aliphatic heterocycles. The molecule has 1 heterocycles. The van der Waals surface area contributed by atoms with E-state index in [4.69, 9.17) is 0 Å². The summed E-state index contributed by atoms with van der Waals surface area (Å²) in [6.45, 7) is 3.48. The molecule has 0 radical (unpaired) electrons. The zero-order chi connectivity index (χ0) is 14.8. The van der Waals surface area contributed by atoms with Crippen LogP contribution in [0.3, 0.4) is 0 Å². The summed E-state index contributed by atoms with van der Waals surface area (Å²) in [4.78, 5) is 12.1. The first-order chi connectivity index (χ1) is 9.30. The van der Waals surface area contributed by atoms with Gasteiger partial charge in [0.2, 0.25) is 5.91 Å². The summed E-state index contributed by atoms with van der Waals surface area (Å²) in [5.74, 6) is -2.01. The highest BCUT2D eigenvalue weighted by molar-refractivity contribution is 5.78. The van der Waals surface area contributed by atoms with Gasteiger partial charge in [-0.15, -0.1) is 0 Å². The van der Waals surface area contributed by atoms with Gasteiger partial charge in [0.15, 0.2) is 0 Å². The number of carbonyl (C=O) groups excluding carboxylic acids is 1. The van der Waals surface area contributed by atoms with Crippen molar-refractivity contribution < 1.29 is 18.0 Å². The van der Waals surface area contributed by atoms with Gasteiger partial charge < -0.3 is 10.6 Å². The zero-order valence-corrected chi connectivity index (χ0v) is 11.9. The molecular weight excluding hydrogens is 269 g/mol. The van der Waals surface area contributed by atoms with Gasteiger partial charge in [-0.1, -0.05) is 6.42 Å². The second-order valence-corrected chi connectivity index (χ2v) is 6.41. The maximum absolute atomic E-state index is 12.7. The Kier molecular flexibility index (Phi) is 4.62. The molecule has 1 aliphatic carbocycles. The molecule has 1 saturated carbocycles. The van der Waals surface area contributed by atoms with E-state index >= 15 is 0 Å². The molecule has 6 heteroatoms. The molecule has 0 aromatic carbocycles. The summed E-state index contributed by atoms with van der Waals surface area (Å²) in [5, 5.41) is 6.17. The topological polar surface area (TPSA) is 41.1 Å². The maximum Gasteiger partial charge on any atom is 0.391 e. The van der Waals surface area contributed by atoms with Gasteiger partial charge in [0.1, 0.15) is 0 Å². The molecule has 1 amide bonds. The Hall–Kier alpha value is -0.780. The summed E-state index contributed by atoms with van der Waals surface area (Å²) in [6, 6.07) is 0. The van der Waals surface area contributed by atoms with E-state index in [0.29, 0.717) is 19.4 Å². The van der Waals surface area contributed by atoms with Crippen LogP contribution in [-0.4, -0.2) is 30.7 Å². The van der Waals surface area contributed by atoms with Gasteiger partial charge in [0, 0.05) is 18.0 Å². The monoisotopic (exact) mass is 292 g/mol. The van der Waals surface area contributed by atoms with Gasteiger partial charge in [0.25, 0.3) is 0 Å². The Bertz CT molecular complexity index is 351. The van der Waals surface area contributed by atoms with Crippen LogP contribution < -0.4 is 10.6 Å². The minimum atomic E-state index is -4.17. The molecule has 116 valence electrons. The zero-order valence-electron chi connectivity index (χ0n) is 11.9. The standard InChI is InChI=1S/C14H23F3N2O/c1-13(6-3-7-19-13)9-18-12(20)10-4-2-5-11(8-10)14(15,16)17/h10-11,19H,2-9H2,1H3,(H,18,20). The molecule has 0 bridgehead atoms. The van der Waals surface area contributed by atoms with Gasteiger partial charge in [0.05, 0.1) is 5.92 Å². The molecule has 2 N–H and O–H groups in total. The van der Waals surface area contributed by atoms with Gasteiger partial charge >= 0.3 is 6.18 Å². The van der Waals surface area contributed by atoms with Crippen molar-refractivity contribution >= 4 is 5.91 Å². The number of carbonyl (C=O) groups is 1. The molecular formula is C14H23F3N2O. The first kappa shape index (κ1) is 15.6. The quantitative estimate of drug-likeness (QED) is 0.839. The second-order valence-electron chi connectivity index (χ2n) is 6.41. The summed E-state index contributed by atoms with van der Waals surface area (Å²) in [6.07, 6.45) is -0.945. The van der Waals surface area contributed by atoms with Gasteiger partial charge in [-0.05, 0) is 45.6 Å². The van der Waals surface area contributed by atoms with Crippen molar-refractivity contribution in [2.45, 2.75) is 57.2 Å². The third-order valence-corrected chi connectivity index (χ3v) is 4.62. The van der Waals surface area contributed by atoms with Crippen LogP contribution in [0.1, 0.15) is 45.4 Å². The fourth-order valence-corrected chi connectivity index (χ4v) is 3.26. The first-order valence-corrected chi connectivity index (χ1v) is 7.40. The molecule has 2 rings (SSSR count). The number of alkyl halides is 3. The molecule has 2 aliphatic rings. The minimum Gasteiger partial charge on any atom is -0.354 e. The molecule has 3 atom stereocenters. The van der Waals surface area contributed by atoms with E-state index in [1.54, 1.807) is 0 Å². The number of hydrogen-bond donors (Lipinski definition) is 2. The Balaban J connectivity index is 1.83. The fraction of sp³-hybridized carbons (Fsp3) is 0.929. The van der Waals surface area contributed by atoms with Crippen molar-refractivity contribution in [3.63, 3.8) is 0 Å². The smallest absolute Gasteiger partial charge is 0.354 e. The van der Waals surface area contributed by atoms with E-state index in [2.05, 4.69) is 10.6 Å². The lowest BCUT2D eigenvalue weighted by molar-refractivity contribution is -0.186. The van der Waals surface area contributed by atoms with Crippen LogP contribution in [0.5, 0.6) is 0 Å². The molecule has 0 aromatic rings. The summed E-state index contributed by atoms with van der Waals surface area (Å²) in [5.41, 5.74) is -0.103. The molecule has 0 aromatic heterocycles. The van der Waals surface area contributed by atoms with E-state index in [9.17, 15) is 18.0 Å². The Morgan fingerprint density at radius 2 is 2.10 bits per heavy atom. The molecule has 3 nitrogen and oxygen atoms in total. The fourth-order valence-electron chi connectivity index (χ4n) is 3.26. The normalized spacial score (nSPS) is 35.0. The van der Waals surface area contributed by atoms with Crippen molar-refractivity contribution in [1.29, 1.82) is 0 Å². The average molecular weight is 292 g/mol. The van der Waals surface area contributed by atoms with E-state index in [-0.39, 0.29) is 24.3 Å². The summed E-state index contributed by atoms with van der Waals surface area (Å²) < 4.78 is 38.2. The lowest BCUT2D eigenvalue weighted by Gasteiger charge is -2.31. The van der Waals surface area contributed by atoms with Gasteiger partial charge in [-0.3, -0.25) is 4.79 Å². The summed E-state index contributed by atoms with van der Waals surface area (Å²) in [7, 11) is 0. The van der Waals surface area contributed by atoms with Crippen molar-refractivity contribution in [1.82, 2.24) is 10.6 Å². The number of halogens is 3. The van der Waals surface area contributed by atoms with Gasteiger partial charge in [-0.2, -0.15) is 13.2 Å². The van der Waals surface area contributed by atoms with E-state index in [1.807, 2.05) is 6.92 Å². The van der Waals surface area contributed by atoms with Crippen molar-refractivity contribution in [3.05, 3.63) is 0 Å². The predicted octanol–water partition coefficient (Wildman–Crippen LogP) is 2.61. The predicted molar refractivity (Wildman–Crippen MR) is 70.2 cm³/mol. The van der Waals surface area contributed by atoms with Crippen molar-refractivity contribution in [3.8, 4) is 0 Å². The van der Waals surface area contributed by atoms with Crippen LogP contribution in [0.25, 0.3) is 0 Å². The number of nitrogens with one attached hydrogen (secondary N) is 2. The second kappa shape index (κ2) is 5.92.